The first-order valence-electron chi connectivity index (χ1n) is 14.2. The lowest BCUT2D eigenvalue weighted by atomic mass is 10.2. The molecule has 2 aliphatic rings. The van der Waals surface area contributed by atoms with E-state index in [1.807, 2.05) is 27.2 Å². The van der Waals surface area contributed by atoms with Crippen LogP contribution in [0.1, 0.15) is 26.8 Å². The molecule has 50 heavy (non-hydrogen) atoms. The number of nitrogens with zero attached hydrogens (tertiary/aromatic N) is 7. The van der Waals surface area contributed by atoms with Gasteiger partial charge in [-0.1, -0.05) is 0 Å². The number of aromatic nitrogens is 7. The van der Waals surface area contributed by atoms with Gasteiger partial charge in [-0.25, -0.2) is 28.4 Å². The van der Waals surface area contributed by atoms with Crippen LogP contribution in [0.25, 0.3) is 34.3 Å². The van der Waals surface area contributed by atoms with Crippen molar-refractivity contribution < 1.29 is 41.0 Å². The van der Waals surface area contributed by atoms with Crippen LogP contribution in [0.5, 0.6) is 11.5 Å². The second-order valence-corrected chi connectivity index (χ2v) is 13.4. The molecule has 5 heterocycles. The molecule has 262 valence electrons. The predicted molar refractivity (Wildman–Crippen MR) is 181 cm³/mol. The summed E-state index contributed by atoms with van der Waals surface area (Å²) in [5.41, 5.74) is 11.7. The Morgan fingerprint density at radius 3 is 1.86 bits per heavy atom. The number of hydrogen-bond acceptors (Lipinski definition) is 8. The highest BCUT2D eigenvalue weighted by Gasteiger charge is 2.34. The lowest BCUT2D eigenvalue weighted by molar-refractivity contribution is -0.142. The van der Waals surface area contributed by atoms with Gasteiger partial charge < -0.3 is 30.1 Å². The number of carbonyl (C=O) groups is 2. The third-order valence-corrected chi connectivity index (χ3v) is 9.64. The van der Waals surface area contributed by atoms with E-state index in [9.17, 15) is 31.5 Å². The van der Waals surface area contributed by atoms with Crippen LogP contribution >= 0.6 is 54.5 Å². The van der Waals surface area contributed by atoms with Crippen LogP contribution in [0.3, 0.4) is 0 Å². The zero-order valence-corrected chi connectivity index (χ0v) is 30.6. The maximum Gasteiger partial charge on any atom is 0.408 e. The van der Waals surface area contributed by atoms with E-state index in [0.29, 0.717) is 48.7 Å². The Labute approximate surface area is 308 Å². The van der Waals surface area contributed by atoms with Gasteiger partial charge in [0, 0.05) is 12.1 Å². The van der Waals surface area contributed by atoms with Crippen molar-refractivity contribution in [1.82, 2.24) is 33.9 Å². The molecule has 0 spiro atoms. The van der Waals surface area contributed by atoms with Gasteiger partial charge in [-0.2, -0.15) is 18.3 Å². The SMILES string of the molecule is Cc1nc(-c2c(C(N)=O)nc3n2CCOc2cc(F)c(Br)cc2-3)n(CC(F)(F)F)n1.NC(=O)c1nc2n(c1I)CCOc1cc(F)c(Br)cc1-2. The van der Waals surface area contributed by atoms with Crippen LogP contribution < -0.4 is 20.9 Å². The highest BCUT2D eigenvalue weighted by Crippen LogP contribution is 2.40. The molecular weight excluding hydrogens is 920 g/mol. The van der Waals surface area contributed by atoms with E-state index < -0.39 is 36.2 Å². The number of fused-ring (bicyclic) bond motifs is 6. The number of alkyl halides is 3. The summed E-state index contributed by atoms with van der Waals surface area (Å²) in [6.45, 7) is 1.06. The molecule has 0 bridgehead atoms. The van der Waals surface area contributed by atoms with Crippen LogP contribution in [0.2, 0.25) is 0 Å². The highest BCUT2D eigenvalue weighted by atomic mass is 127. The van der Waals surface area contributed by atoms with Gasteiger partial charge >= 0.3 is 6.18 Å². The van der Waals surface area contributed by atoms with E-state index in [-0.39, 0.29) is 57.9 Å². The number of benzene rings is 2. The fourth-order valence-electron chi connectivity index (χ4n) is 5.32. The van der Waals surface area contributed by atoms with Crippen molar-refractivity contribution in [2.24, 2.45) is 11.5 Å². The average molecular weight is 941 g/mol. The van der Waals surface area contributed by atoms with E-state index in [2.05, 4.69) is 51.9 Å². The number of aryl methyl sites for hydroxylation is 1. The van der Waals surface area contributed by atoms with Crippen molar-refractivity contribution in [2.75, 3.05) is 13.2 Å². The lowest BCUT2D eigenvalue weighted by Crippen LogP contribution is -2.21. The van der Waals surface area contributed by atoms with Crippen LogP contribution in [-0.2, 0) is 19.6 Å². The van der Waals surface area contributed by atoms with Gasteiger partial charge in [0.05, 0.1) is 33.2 Å². The molecule has 0 saturated carbocycles. The highest BCUT2D eigenvalue weighted by molar-refractivity contribution is 14.1. The number of halogens is 8. The smallest absolute Gasteiger partial charge is 0.408 e. The van der Waals surface area contributed by atoms with Crippen molar-refractivity contribution >= 4 is 66.3 Å². The normalized spacial score (nSPS) is 13.3. The number of hydrogen-bond donors (Lipinski definition) is 2. The van der Waals surface area contributed by atoms with Crippen molar-refractivity contribution in [2.45, 2.75) is 32.7 Å². The first-order chi connectivity index (χ1) is 23.5. The Hall–Kier alpha value is -4.12. The third-order valence-electron chi connectivity index (χ3n) is 7.33. The van der Waals surface area contributed by atoms with Crippen molar-refractivity contribution in [1.29, 1.82) is 0 Å². The van der Waals surface area contributed by atoms with Gasteiger partial charge in [0.25, 0.3) is 11.8 Å². The lowest BCUT2D eigenvalue weighted by Gasteiger charge is -2.12. The van der Waals surface area contributed by atoms with E-state index >= 15 is 0 Å². The zero-order chi connectivity index (χ0) is 36.2. The minimum Gasteiger partial charge on any atom is -0.491 e. The summed E-state index contributed by atoms with van der Waals surface area (Å²) in [7, 11) is 0. The molecular formula is C29H21Br2F5IN9O4. The third kappa shape index (κ3) is 6.81. The Kier molecular flexibility index (Phi) is 9.67. The summed E-state index contributed by atoms with van der Waals surface area (Å²) in [6, 6.07) is 5.47. The number of nitrogens with two attached hydrogens (primary N) is 2. The Bertz CT molecular complexity index is 2200. The quantitative estimate of drug-likeness (QED) is 0.173. The standard InChI is InChI=1S/C17H13BrF4N6O2.C12H8BrFIN3O2/c1-7-24-16(28(26-7)6-17(20,21)22)13-12(14(23)29)25-15-8-4-9(18)10(19)5-11(8)30-3-2-27(13)15;13-6-3-5-8(4-7(6)14)20-2-1-18-10(15)9(11(16)19)17-12(5)18/h4-5H,2-3,6H2,1H3,(H2,23,29);3-4H,1-2H2,(H2,16,19). The van der Waals surface area contributed by atoms with Crippen LogP contribution in [0.15, 0.2) is 33.2 Å². The molecule has 2 aliphatic heterocycles. The number of carbonyl (C=O) groups excluding carboxylic acids is 2. The predicted octanol–water partition coefficient (Wildman–Crippen LogP) is 5.62. The zero-order valence-electron chi connectivity index (χ0n) is 25.3. The van der Waals surface area contributed by atoms with E-state index in [0.717, 1.165) is 6.07 Å². The Morgan fingerprint density at radius 2 is 1.34 bits per heavy atom. The molecule has 0 aliphatic carbocycles. The van der Waals surface area contributed by atoms with Gasteiger partial charge in [0.2, 0.25) is 0 Å². The minimum absolute atomic E-state index is 0.0146. The minimum atomic E-state index is -4.57. The molecule has 13 nitrogen and oxygen atoms in total. The number of imidazole rings is 2. The van der Waals surface area contributed by atoms with Gasteiger partial charge in [0.1, 0.15) is 69.8 Å². The number of amides is 2. The number of primary amides is 2. The fraction of sp³-hybridized carbons (Fsp3) is 0.241. The van der Waals surface area contributed by atoms with E-state index in [1.54, 1.807) is 6.07 Å². The molecule has 7 rings (SSSR count). The van der Waals surface area contributed by atoms with Gasteiger partial charge in [-0.15, -0.1) is 0 Å². The van der Waals surface area contributed by atoms with Gasteiger partial charge in [-0.3, -0.25) is 9.59 Å². The number of ether oxygens (including phenoxy) is 2. The number of rotatable bonds is 4. The first kappa shape index (κ1) is 35.7. The molecule has 0 fully saturated rings. The molecule has 21 heteroatoms. The van der Waals surface area contributed by atoms with E-state index in [1.165, 1.54) is 23.6 Å². The van der Waals surface area contributed by atoms with Crippen molar-refractivity contribution in [3.05, 3.63) is 65.8 Å². The fourth-order valence-corrected chi connectivity index (χ4v) is 6.87. The average Bonchev–Trinajstić information content (AvgIpc) is 3.60. The summed E-state index contributed by atoms with van der Waals surface area (Å²) in [5.74, 6) is -1.32. The largest absolute Gasteiger partial charge is 0.491 e. The molecule has 5 aromatic rings. The maximum absolute atomic E-state index is 13.9. The summed E-state index contributed by atoms with van der Waals surface area (Å²) in [5, 5.41) is 3.80. The van der Waals surface area contributed by atoms with Crippen LogP contribution in [-0.4, -0.2) is 65.1 Å². The summed E-state index contributed by atoms with van der Waals surface area (Å²) < 4.78 is 82.9. The van der Waals surface area contributed by atoms with Crippen molar-refractivity contribution in [3.8, 4) is 45.8 Å². The van der Waals surface area contributed by atoms with Crippen molar-refractivity contribution in [3.63, 3.8) is 0 Å². The van der Waals surface area contributed by atoms with Gasteiger partial charge in [-0.05, 0) is 73.5 Å². The second kappa shape index (κ2) is 13.5. The molecule has 0 atom stereocenters. The second-order valence-electron chi connectivity index (χ2n) is 10.7. The van der Waals surface area contributed by atoms with Gasteiger partial charge in [0.15, 0.2) is 17.2 Å². The molecule has 0 unspecified atom stereocenters. The topological polar surface area (TPSA) is 171 Å². The molecule has 3 aromatic heterocycles. The summed E-state index contributed by atoms with van der Waals surface area (Å²) in [4.78, 5) is 36.1. The molecule has 2 aromatic carbocycles. The molecule has 0 saturated heterocycles. The summed E-state index contributed by atoms with van der Waals surface area (Å²) in [6.07, 6.45) is -4.57. The molecule has 0 radical (unpaired) electrons. The molecule has 4 N–H and O–H groups in total. The monoisotopic (exact) mass is 939 g/mol. The Morgan fingerprint density at radius 1 is 0.840 bits per heavy atom. The summed E-state index contributed by atoms with van der Waals surface area (Å²) >= 11 is 8.26. The first-order valence-corrected chi connectivity index (χ1v) is 16.9. The Balaban J connectivity index is 0.000000187. The van der Waals surface area contributed by atoms with Crippen LogP contribution in [0, 0.1) is 22.3 Å². The molecule has 2 amide bonds. The van der Waals surface area contributed by atoms with Crippen LogP contribution in [0.4, 0.5) is 22.0 Å². The van der Waals surface area contributed by atoms with E-state index in [4.69, 9.17) is 20.9 Å². The maximum atomic E-state index is 13.9.